The van der Waals surface area contributed by atoms with Crippen LogP contribution in [0.15, 0.2) is 34.6 Å². The van der Waals surface area contributed by atoms with Crippen LogP contribution in [0.25, 0.3) is 16.9 Å². The topological polar surface area (TPSA) is 93.0 Å². The molecule has 0 atom stereocenters. The number of nitrogens with one attached hydrogen (secondary N) is 1. The zero-order valence-electron chi connectivity index (χ0n) is 15.7. The number of aryl methyl sites for hydroxylation is 1. The summed E-state index contributed by atoms with van der Waals surface area (Å²) >= 11 is 0. The number of hydrogen-bond acceptors (Lipinski definition) is 6. The maximum atomic E-state index is 14.7. The molecule has 3 N–H and O–H groups in total. The van der Waals surface area contributed by atoms with Crippen LogP contribution in [0.4, 0.5) is 24.5 Å². The molecule has 1 aliphatic rings. The van der Waals surface area contributed by atoms with Gasteiger partial charge in [0.15, 0.2) is 11.5 Å². The number of azo groups is 1. The quantitative estimate of drug-likeness (QED) is 0.504. The number of aromatic nitrogens is 3. The summed E-state index contributed by atoms with van der Waals surface area (Å²) in [7, 11) is 0. The van der Waals surface area contributed by atoms with Crippen LogP contribution < -0.4 is 11.1 Å². The summed E-state index contributed by atoms with van der Waals surface area (Å²) in [5, 5.41) is 15.7. The molecule has 152 valence electrons. The Morgan fingerprint density at radius 2 is 2.00 bits per heavy atom. The number of fused-ring (bicyclic) bond motifs is 1. The fourth-order valence-electron chi connectivity index (χ4n) is 3.35. The van der Waals surface area contributed by atoms with E-state index in [2.05, 4.69) is 25.6 Å². The van der Waals surface area contributed by atoms with Gasteiger partial charge in [-0.3, -0.25) is 0 Å². The predicted molar refractivity (Wildman–Crippen MR) is 103 cm³/mol. The molecule has 3 heterocycles. The highest BCUT2D eigenvalue weighted by Crippen LogP contribution is 2.34. The van der Waals surface area contributed by atoms with Gasteiger partial charge in [0.05, 0.1) is 34.9 Å². The molecular weight excluding hydrogens is 383 g/mol. The van der Waals surface area contributed by atoms with Gasteiger partial charge in [-0.1, -0.05) is 0 Å². The van der Waals surface area contributed by atoms with E-state index >= 15 is 0 Å². The van der Waals surface area contributed by atoms with Crippen molar-refractivity contribution in [2.45, 2.75) is 32.2 Å². The second-order valence-electron chi connectivity index (χ2n) is 7.03. The van der Waals surface area contributed by atoms with Gasteiger partial charge >= 0.3 is 0 Å². The van der Waals surface area contributed by atoms with Crippen LogP contribution >= 0.6 is 0 Å². The van der Waals surface area contributed by atoms with Gasteiger partial charge in [0.25, 0.3) is 6.43 Å². The van der Waals surface area contributed by atoms with Crippen molar-refractivity contribution in [1.29, 1.82) is 0 Å². The van der Waals surface area contributed by atoms with Gasteiger partial charge in [-0.2, -0.15) is 15.3 Å². The van der Waals surface area contributed by atoms with E-state index in [4.69, 9.17) is 5.73 Å². The zero-order chi connectivity index (χ0) is 20.5. The number of anilines is 1. The smallest absolute Gasteiger partial charge is 0.267 e. The van der Waals surface area contributed by atoms with Crippen molar-refractivity contribution in [1.82, 2.24) is 19.9 Å². The minimum absolute atomic E-state index is 0.0249. The minimum atomic E-state index is -2.75. The van der Waals surface area contributed by atoms with E-state index < -0.39 is 12.2 Å². The molecule has 1 aliphatic heterocycles. The van der Waals surface area contributed by atoms with E-state index in [0.29, 0.717) is 5.69 Å². The largest absolute Gasteiger partial charge is 0.397 e. The molecule has 1 saturated heterocycles. The van der Waals surface area contributed by atoms with Gasteiger partial charge in [0.2, 0.25) is 0 Å². The molecular formula is C19H20F3N7. The molecule has 10 heteroatoms. The average molecular weight is 403 g/mol. The average Bonchev–Trinajstić information content (AvgIpc) is 3.07. The Bertz CT molecular complexity index is 1050. The van der Waals surface area contributed by atoms with E-state index in [9.17, 15) is 13.2 Å². The first-order valence-corrected chi connectivity index (χ1v) is 9.28. The molecule has 1 aromatic carbocycles. The summed E-state index contributed by atoms with van der Waals surface area (Å²) < 4.78 is 42.9. The van der Waals surface area contributed by atoms with Crippen molar-refractivity contribution in [3.63, 3.8) is 0 Å². The zero-order valence-corrected chi connectivity index (χ0v) is 15.7. The number of imidazole rings is 1. The summed E-state index contributed by atoms with van der Waals surface area (Å²) in [6, 6.07) is 3.88. The number of alkyl halides is 2. The fourth-order valence-corrected chi connectivity index (χ4v) is 3.35. The lowest BCUT2D eigenvalue weighted by molar-refractivity contribution is 0.152. The van der Waals surface area contributed by atoms with Crippen LogP contribution in [0.3, 0.4) is 0 Å². The standard InChI is InChI=1S/C19H20F3N7/c1-10-9-29-19(25-10)13(18(21)22)8-16(28-29)11-6-14(20)17(15(23)7-11)27-26-12-2-4-24-5-3-12/h6-9,12,18,24H,2-5,23H2,1H3. The maximum absolute atomic E-state index is 14.7. The lowest BCUT2D eigenvalue weighted by Gasteiger charge is -2.17. The third-order valence-corrected chi connectivity index (χ3v) is 4.83. The first-order valence-electron chi connectivity index (χ1n) is 9.28. The third-order valence-electron chi connectivity index (χ3n) is 4.83. The number of hydrogen-bond donors (Lipinski definition) is 2. The Hall–Kier alpha value is -3.01. The number of piperidine rings is 1. The number of nitrogens with zero attached hydrogens (tertiary/aromatic N) is 5. The minimum Gasteiger partial charge on any atom is -0.397 e. The maximum Gasteiger partial charge on any atom is 0.267 e. The second-order valence-corrected chi connectivity index (χ2v) is 7.03. The molecule has 0 radical (unpaired) electrons. The Kier molecular flexibility index (Phi) is 5.18. The molecule has 0 spiro atoms. The summed E-state index contributed by atoms with van der Waals surface area (Å²) in [6.07, 6.45) is 0.439. The van der Waals surface area contributed by atoms with Crippen molar-refractivity contribution in [2.75, 3.05) is 18.8 Å². The van der Waals surface area contributed by atoms with Crippen molar-refractivity contribution in [3.8, 4) is 11.3 Å². The SMILES string of the molecule is Cc1cn2nc(-c3cc(N)c(N=NC4CCNCC4)c(F)c3)cc(C(F)F)c2n1. The molecule has 1 fully saturated rings. The second kappa shape index (κ2) is 7.78. The number of halogens is 3. The first-order chi connectivity index (χ1) is 13.9. The monoisotopic (exact) mass is 403 g/mol. The predicted octanol–water partition coefficient (Wildman–Crippen LogP) is 4.20. The molecule has 7 nitrogen and oxygen atoms in total. The van der Waals surface area contributed by atoms with Crippen LogP contribution in [0.2, 0.25) is 0 Å². The lowest BCUT2D eigenvalue weighted by atomic mass is 10.1. The van der Waals surface area contributed by atoms with Gasteiger partial charge in [-0.05, 0) is 51.1 Å². The molecule has 3 aromatic rings. The van der Waals surface area contributed by atoms with Gasteiger partial charge in [-0.25, -0.2) is 22.7 Å². The fraction of sp³-hybridized carbons (Fsp3) is 0.368. The number of nitrogen functional groups attached to an aromatic ring is 1. The third kappa shape index (κ3) is 3.93. The molecule has 2 aromatic heterocycles. The van der Waals surface area contributed by atoms with E-state index in [1.54, 1.807) is 6.92 Å². The van der Waals surface area contributed by atoms with E-state index in [-0.39, 0.29) is 39.9 Å². The number of nitrogens with two attached hydrogens (primary N) is 1. The van der Waals surface area contributed by atoms with Crippen LogP contribution in [0, 0.1) is 12.7 Å². The van der Waals surface area contributed by atoms with Gasteiger partial charge in [0, 0.05) is 5.56 Å². The summed E-state index contributed by atoms with van der Waals surface area (Å²) in [6.45, 7) is 3.37. The van der Waals surface area contributed by atoms with Crippen molar-refractivity contribution in [2.24, 2.45) is 10.2 Å². The molecule has 0 saturated carbocycles. The van der Waals surface area contributed by atoms with Crippen LogP contribution in [0.5, 0.6) is 0 Å². The Morgan fingerprint density at radius 1 is 1.24 bits per heavy atom. The van der Waals surface area contributed by atoms with E-state index in [1.807, 2.05) is 0 Å². The molecule has 0 bridgehead atoms. The summed E-state index contributed by atoms with van der Waals surface area (Å²) in [5.74, 6) is -0.681. The Balaban J connectivity index is 1.71. The molecule has 0 amide bonds. The van der Waals surface area contributed by atoms with Gasteiger partial charge < -0.3 is 11.1 Å². The Labute approximate surface area is 164 Å². The highest BCUT2D eigenvalue weighted by atomic mass is 19.3. The summed E-state index contributed by atoms with van der Waals surface area (Å²) in [5.41, 5.74) is 6.78. The number of benzene rings is 1. The van der Waals surface area contributed by atoms with Crippen LogP contribution in [0.1, 0.15) is 30.5 Å². The highest BCUT2D eigenvalue weighted by Gasteiger charge is 2.19. The van der Waals surface area contributed by atoms with Crippen molar-refractivity contribution in [3.05, 3.63) is 41.5 Å². The van der Waals surface area contributed by atoms with Crippen molar-refractivity contribution >= 4 is 17.0 Å². The lowest BCUT2D eigenvalue weighted by Crippen LogP contribution is -2.29. The molecule has 29 heavy (non-hydrogen) atoms. The Morgan fingerprint density at radius 3 is 2.69 bits per heavy atom. The number of rotatable bonds is 4. The van der Waals surface area contributed by atoms with E-state index in [1.165, 1.54) is 28.9 Å². The molecule has 4 rings (SSSR count). The molecule has 0 aliphatic carbocycles. The van der Waals surface area contributed by atoms with Gasteiger partial charge in [0.1, 0.15) is 5.69 Å². The molecule has 0 unspecified atom stereocenters. The van der Waals surface area contributed by atoms with Gasteiger partial charge in [-0.15, -0.1) is 0 Å². The van der Waals surface area contributed by atoms with E-state index in [0.717, 1.165) is 25.9 Å². The van der Waals surface area contributed by atoms with Crippen LogP contribution in [-0.2, 0) is 0 Å². The van der Waals surface area contributed by atoms with Crippen LogP contribution in [-0.4, -0.2) is 33.7 Å². The normalized spacial score (nSPS) is 15.8. The highest BCUT2D eigenvalue weighted by molar-refractivity contribution is 5.74. The summed E-state index contributed by atoms with van der Waals surface area (Å²) in [4.78, 5) is 4.08. The van der Waals surface area contributed by atoms with Crippen molar-refractivity contribution < 1.29 is 13.2 Å². The first kappa shape index (κ1) is 19.3.